The van der Waals surface area contributed by atoms with Crippen molar-refractivity contribution in [2.24, 2.45) is 0 Å². The number of hydrogen-bond donors (Lipinski definition) is 2. The van der Waals surface area contributed by atoms with E-state index in [0.717, 1.165) is 21.5 Å². The van der Waals surface area contributed by atoms with Crippen LogP contribution in [0, 0.1) is 0 Å². The molecule has 4 N–H and O–H groups in total. The lowest BCUT2D eigenvalue weighted by atomic mass is 9.76. The number of rotatable bonds is 4. The normalized spacial score (nSPS) is 11.7. The van der Waals surface area contributed by atoms with Crippen LogP contribution >= 0.6 is 0 Å². The van der Waals surface area contributed by atoms with Gasteiger partial charge in [-0.15, -0.1) is 0 Å². The van der Waals surface area contributed by atoms with Crippen LogP contribution in [0.2, 0.25) is 0 Å². The van der Waals surface area contributed by atoms with Gasteiger partial charge in [-0.1, -0.05) is 146 Å². The quantitative estimate of drug-likeness (QED) is 0.122. The fourth-order valence-electron chi connectivity index (χ4n) is 7.64. The average Bonchev–Trinajstić information content (AvgIpc) is 3.12. The molecule has 0 aliphatic rings. The van der Waals surface area contributed by atoms with Crippen LogP contribution in [0.5, 0.6) is 0 Å². The summed E-state index contributed by atoms with van der Waals surface area (Å²) in [5, 5.41) is 9.27. The van der Waals surface area contributed by atoms with Gasteiger partial charge in [0.15, 0.2) is 0 Å². The maximum absolute atomic E-state index is 6.68. The molecule has 0 atom stereocenters. The maximum atomic E-state index is 6.68. The van der Waals surface area contributed by atoms with Crippen LogP contribution in [0.15, 0.2) is 158 Å². The first kappa shape index (κ1) is 26.3. The van der Waals surface area contributed by atoms with E-state index in [1.165, 1.54) is 66.1 Å². The molecule has 0 amide bonds. The maximum Gasteiger partial charge on any atom is 0.0415 e. The van der Waals surface area contributed by atoms with E-state index < -0.39 is 0 Å². The summed E-state index contributed by atoms with van der Waals surface area (Å²) >= 11 is 0. The predicted octanol–water partition coefficient (Wildman–Crippen LogP) is 11.6. The Labute approximate surface area is 267 Å². The summed E-state index contributed by atoms with van der Waals surface area (Å²) in [5.74, 6) is 0. The zero-order valence-corrected chi connectivity index (χ0v) is 25.2. The highest BCUT2D eigenvalue weighted by Gasteiger charge is 2.27. The van der Waals surface area contributed by atoms with Gasteiger partial charge in [-0.2, -0.15) is 0 Å². The van der Waals surface area contributed by atoms with Gasteiger partial charge in [0.25, 0.3) is 0 Å². The first-order chi connectivity index (χ1) is 22.7. The topological polar surface area (TPSA) is 52.0 Å². The molecule has 0 aliphatic heterocycles. The Morgan fingerprint density at radius 1 is 0.261 bits per heavy atom. The number of hydrogen-bond acceptors (Lipinski definition) is 2. The molecular weight excluding hydrogens is 556 g/mol. The molecule has 46 heavy (non-hydrogen) atoms. The van der Waals surface area contributed by atoms with Gasteiger partial charge in [-0.3, -0.25) is 0 Å². The van der Waals surface area contributed by atoms with Crippen molar-refractivity contribution in [3.63, 3.8) is 0 Å². The third-order valence-electron chi connectivity index (χ3n) is 9.51. The molecule has 2 heteroatoms. The second-order valence-electron chi connectivity index (χ2n) is 12.0. The van der Waals surface area contributed by atoms with Crippen molar-refractivity contribution in [1.82, 2.24) is 0 Å². The Morgan fingerprint density at radius 2 is 0.674 bits per heavy atom. The van der Waals surface area contributed by atoms with E-state index in [0.29, 0.717) is 11.4 Å². The average molecular weight is 587 g/mol. The highest BCUT2D eigenvalue weighted by atomic mass is 14.6. The van der Waals surface area contributed by atoms with Crippen LogP contribution in [0.25, 0.3) is 87.6 Å². The van der Waals surface area contributed by atoms with E-state index >= 15 is 0 Å². The van der Waals surface area contributed by atoms with Gasteiger partial charge < -0.3 is 11.5 Å². The molecule has 0 saturated heterocycles. The second-order valence-corrected chi connectivity index (χ2v) is 12.0. The first-order valence-electron chi connectivity index (χ1n) is 15.7. The molecule has 9 rings (SSSR count). The smallest absolute Gasteiger partial charge is 0.0415 e. The van der Waals surface area contributed by atoms with Crippen LogP contribution in [-0.2, 0) is 0 Å². The van der Waals surface area contributed by atoms with Crippen molar-refractivity contribution in [2.45, 2.75) is 0 Å². The molecule has 0 unspecified atom stereocenters. The van der Waals surface area contributed by atoms with E-state index in [9.17, 15) is 0 Å². The fraction of sp³-hybridized carbons (Fsp3) is 0. The lowest BCUT2D eigenvalue weighted by Gasteiger charge is -2.26. The van der Waals surface area contributed by atoms with E-state index in [4.69, 9.17) is 11.5 Å². The van der Waals surface area contributed by atoms with E-state index in [1.807, 2.05) is 12.1 Å². The van der Waals surface area contributed by atoms with Crippen molar-refractivity contribution in [3.8, 4) is 44.5 Å². The largest absolute Gasteiger partial charge is 0.398 e. The Bertz CT molecular complexity index is 2550. The highest BCUT2D eigenvalue weighted by Crippen LogP contribution is 2.55. The second kappa shape index (κ2) is 10.2. The van der Waals surface area contributed by atoms with Crippen molar-refractivity contribution in [1.29, 1.82) is 0 Å². The molecule has 0 radical (unpaired) electrons. The minimum Gasteiger partial charge on any atom is -0.398 e. The SMILES string of the molecule is Nc1ccc2c3ccc(-c4ccccc4)c4c(-c5ccccc5)c(-c5ccccc5)c(-c5ccccc5)c(c5ccc(N)c1c25)c43. The molecule has 216 valence electrons. The standard InChI is InChI=1S/C44H30N2/c45-35-25-23-32-33-22-21-31(27-13-5-1-6-14-27)41-38(29-17-9-3-10-18-29)37(28-15-7-2-8-16-28)39(30-19-11-4-12-20-30)43(42(33)41)34-24-26-36(46)44(35)40(32)34/h1-26H,45-46H2. The summed E-state index contributed by atoms with van der Waals surface area (Å²) in [5.41, 5.74) is 24.3. The van der Waals surface area contributed by atoms with Gasteiger partial charge in [0.1, 0.15) is 0 Å². The van der Waals surface area contributed by atoms with Gasteiger partial charge in [0.05, 0.1) is 0 Å². The molecule has 0 fully saturated rings. The number of anilines is 2. The lowest BCUT2D eigenvalue weighted by Crippen LogP contribution is -2.00. The molecular formula is C44H30N2. The fourth-order valence-corrected chi connectivity index (χ4v) is 7.64. The van der Waals surface area contributed by atoms with Crippen LogP contribution in [-0.4, -0.2) is 0 Å². The number of nitrogens with two attached hydrogens (primary N) is 2. The summed E-state index contributed by atoms with van der Waals surface area (Å²) in [6.07, 6.45) is 0. The van der Waals surface area contributed by atoms with Crippen molar-refractivity contribution < 1.29 is 0 Å². The lowest BCUT2D eigenvalue weighted by molar-refractivity contribution is 1.59. The molecule has 0 bridgehead atoms. The number of fused-ring (bicyclic) bond motifs is 2. The zero-order valence-electron chi connectivity index (χ0n) is 25.2. The molecule has 0 aromatic heterocycles. The summed E-state index contributed by atoms with van der Waals surface area (Å²) in [6, 6.07) is 56.4. The Hall–Kier alpha value is -6.12. The van der Waals surface area contributed by atoms with Crippen LogP contribution in [0.4, 0.5) is 11.4 Å². The van der Waals surface area contributed by atoms with E-state index in [1.54, 1.807) is 0 Å². The summed E-state index contributed by atoms with van der Waals surface area (Å²) in [7, 11) is 0. The summed E-state index contributed by atoms with van der Waals surface area (Å²) in [6.45, 7) is 0. The van der Waals surface area contributed by atoms with Crippen LogP contribution in [0.3, 0.4) is 0 Å². The molecule has 0 spiro atoms. The van der Waals surface area contributed by atoms with Gasteiger partial charge in [-0.25, -0.2) is 0 Å². The van der Waals surface area contributed by atoms with Crippen molar-refractivity contribution >= 4 is 54.5 Å². The predicted molar refractivity (Wildman–Crippen MR) is 198 cm³/mol. The Kier molecular flexibility index (Phi) is 5.84. The zero-order chi connectivity index (χ0) is 30.8. The summed E-state index contributed by atoms with van der Waals surface area (Å²) < 4.78 is 0. The number of benzene rings is 9. The minimum absolute atomic E-state index is 0.698. The van der Waals surface area contributed by atoms with Crippen molar-refractivity contribution in [2.75, 3.05) is 11.5 Å². The minimum atomic E-state index is 0.698. The van der Waals surface area contributed by atoms with Crippen LogP contribution in [0.1, 0.15) is 0 Å². The van der Waals surface area contributed by atoms with Crippen molar-refractivity contribution in [3.05, 3.63) is 158 Å². The van der Waals surface area contributed by atoms with Gasteiger partial charge in [0.2, 0.25) is 0 Å². The van der Waals surface area contributed by atoms with E-state index in [-0.39, 0.29) is 0 Å². The first-order valence-corrected chi connectivity index (χ1v) is 15.7. The molecule has 0 saturated carbocycles. The third-order valence-corrected chi connectivity index (χ3v) is 9.51. The molecule has 0 aliphatic carbocycles. The molecule has 2 nitrogen and oxygen atoms in total. The van der Waals surface area contributed by atoms with Gasteiger partial charge >= 0.3 is 0 Å². The molecule has 0 heterocycles. The summed E-state index contributed by atoms with van der Waals surface area (Å²) in [4.78, 5) is 0. The van der Waals surface area contributed by atoms with Gasteiger partial charge in [-0.05, 0) is 89.0 Å². The Balaban J connectivity index is 1.68. The van der Waals surface area contributed by atoms with Gasteiger partial charge in [0, 0.05) is 22.1 Å². The number of nitrogen functional groups attached to an aromatic ring is 2. The third kappa shape index (κ3) is 3.77. The highest BCUT2D eigenvalue weighted by molar-refractivity contribution is 6.41. The molecule has 9 aromatic rings. The van der Waals surface area contributed by atoms with Crippen LogP contribution < -0.4 is 11.5 Å². The van der Waals surface area contributed by atoms with E-state index in [2.05, 4.69) is 146 Å². The monoisotopic (exact) mass is 586 g/mol. The molecule has 9 aromatic carbocycles. The Morgan fingerprint density at radius 3 is 1.22 bits per heavy atom.